The molecule has 0 aromatic heterocycles. The lowest BCUT2D eigenvalue weighted by Crippen LogP contribution is -2.45. The summed E-state index contributed by atoms with van der Waals surface area (Å²) in [6, 6.07) is 12.4. The van der Waals surface area contributed by atoms with E-state index >= 15 is 0 Å². The molecule has 1 fully saturated rings. The zero-order valence-electron chi connectivity index (χ0n) is 17.6. The van der Waals surface area contributed by atoms with Crippen molar-refractivity contribution in [3.05, 3.63) is 42.0 Å². The Labute approximate surface area is 172 Å². The number of fused-ring (bicyclic) bond motifs is 1. The summed E-state index contributed by atoms with van der Waals surface area (Å²) in [4.78, 5) is 16.1. The Hall–Kier alpha value is -2.73. The van der Waals surface area contributed by atoms with Crippen LogP contribution in [0.25, 0.3) is 0 Å². The zero-order chi connectivity index (χ0) is 20.5. The maximum absolute atomic E-state index is 12.0. The Kier molecular flexibility index (Phi) is 5.37. The highest BCUT2D eigenvalue weighted by atomic mass is 16.5. The van der Waals surface area contributed by atoms with E-state index < -0.39 is 0 Å². The molecular weight excluding hydrogens is 366 g/mol. The van der Waals surface area contributed by atoms with Gasteiger partial charge in [-0.05, 0) is 63.6 Å². The number of ether oxygens (including phenoxy) is 2. The summed E-state index contributed by atoms with van der Waals surface area (Å²) in [5, 5.41) is 3.49. The minimum absolute atomic E-state index is 0.00103. The molecule has 29 heavy (non-hydrogen) atoms. The Balaban J connectivity index is 1.52. The normalized spacial score (nSPS) is 21.6. The first-order valence-electron chi connectivity index (χ1n) is 10.3. The maximum atomic E-state index is 12.0. The monoisotopic (exact) mass is 395 g/mol. The van der Waals surface area contributed by atoms with Crippen molar-refractivity contribution in [2.45, 2.75) is 39.9 Å². The van der Waals surface area contributed by atoms with Crippen LogP contribution in [0.3, 0.4) is 0 Å². The number of anilines is 4. The smallest absolute Gasteiger partial charge is 0.265 e. The first-order valence-corrected chi connectivity index (χ1v) is 10.3. The summed E-state index contributed by atoms with van der Waals surface area (Å²) in [5.41, 5.74) is 5.23. The average molecular weight is 396 g/mol. The molecule has 1 amide bonds. The highest BCUT2D eigenvalue weighted by molar-refractivity contribution is 5.98. The van der Waals surface area contributed by atoms with Gasteiger partial charge in [-0.2, -0.15) is 0 Å². The molecule has 2 aromatic carbocycles. The molecule has 2 aliphatic rings. The topological polar surface area (TPSA) is 54.0 Å². The van der Waals surface area contributed by atoms with Crippen LogP contribution >= 0.6 is 0 Å². The molecule has 0 bridgehead atoms. The molecule has 0 saturated carbocycles. The van der Waals surface area contributed by atoms with Gasteiger partial charge >= 0.3 is 0 Å². The third-order valence-corrected chi connectivity index (χ3v) is 5.49. The van der Waals surface area contributed by atoms with E-state index in [4.69, 9.17) is 9.47 Å². The molecule has 6 heteroatoms. The Morgan fingerprint density at radius 2 is 1.86 bits per heavy atom. The molecule has 2 unspecified atom stereocenters. The number of hydrogen-bond donors (Lipinski definition) is 1. The van der Waals surface area contributed by atoms with Crippen LogP contribution in [0.2, 0.25) is 0 Å². The highest BCUT2D eigenvalue weighted by Gasteiger charge is 2.25. The quantitative estimate of drug-likeness (QED) is 0.845. The van der Waals surface area contributed by atoms with E-state index in [1.54, 1.807) is 4.90 Å². The largest absolute Gasteiger partial charge is 0.481 e. The van der Waals surface area contributed by atoms with Crippen molar-refractivity contribution >= 4 is 28.7 Å². The number of amides is 1. The van der Waals surface area contributed by atoms with E-state index in [0.717, 1.165) is 35.9 Å². The first kappa shape index (κ1) is 19.6. The summed E-state index contributed by atoms with van der Waals surface area (Å²) < 4.78 is 11.5. The number of nitrogens with one attached hydrogen (secondary N) is 1. The standard InChI is InChI=1S/C23H29N3O3/c1-5-26-21-9-6-18(11-22(21)28-14-23(26)27)24-20-8-7-19(10-15(20)2)25-12-16(3)29-17(4)13-25/h6-11,16-17,24H,5,12-14H2,1-4H3. The molecule has 0 aliphatic carbocycles. The summed E-state index contributed by atoms with van der Waals surface area (Å²) >= 11 is 0. The van der Waals surface area contributed by atoms with Crippen LogP contribution in [0.15, 0.2) is 36.4 Å². The lowest BCUT2D eigenvalue weighted by Gasteiger charge is -2.37. The molecular formula is C23H29N3O3. The SMILES string of the molecule is CCN1C(=O)COc2cc(Nc3ccc(N4CC(C)OC(C)C4)cc3C)ccc21. The fraction of sp³-hybridized carbons (Fsp3) is 0.435. The predicted molar refractivity (Wildman–Crippen MR) is 117 cm³/mol. The van der Waals surface area contributed by atoms with Crippen LogP contribution in [0.4, 0.5) is 22.7 Å². The summed E-state index contributed by atoms with van der Waals surface area (Å²) in [5.74, 6) is 0.737. The van der Waals surface area contributed by atoms with Crippen LogP contribution < -0.4 is 19.9 Å². The predicted octanol–water partition coefficient (Wildman–Crippen LogP) is 4.10. The third kappa shape index (κ3) is 4.03. The van der Waals surface area contributed by atoms with Crippen LogP contribution in [0.1, 0.15) is 26.3 Å². The average Bonchev–Trinajstić information content (AvgIpc) is 2.69. The van der Waals surface area contributed by atoms with E-state index in [0.29, 0.717) is 6.54 Å². The fourth-order valence-corrected chi connectivity index (χ4v) is 4.16. The van der Waals surface area contributed by atoms with Crippen molar-refractivity contribution in [1.29, 1.82) is 0 Å². The van der Waals surface area contributed by atoms with Crippen molar-refractivity contribution in [2.75, 3.05) is 41.4 Å². The van der Waals surface area contributed by atoms with E-state index in [1.807, 2.05) is 25.1 Å². The van der Waals surface area contributed by atoms with Gasteiger partial charge in [-0.25, -0.2) is 0 Å². The second-order valence-corrected chi connectivity index (χ2v) is 7.90. The fourth-order valence-electron chi connectivity index (χ4n) is 4.16. The van der Waals surface area contributed by atoms with E-state index in [2.05, 4.69) is 49.2 Å². The zero-order valence-corrected chi connectivity index (χ0v) is 17.6. The molecule has 1 N–H and O–H groups in total. The number of morpholine rings is 1. The number of hydrogen-bond acceptors (Lipinski definition) is 5. The molecule has 2 aromatic rings. The van der Waals surface area contributed by atoms with Gasteiger partial charge in [0.25, 0.3) is 5.91 Å². The number of benzene rings is 2. The van der Waals surface area contributed by atoms with Gasteiger partial charge in [0.05, 0.1) is 17.9 Å². The molecule has 2 aliphatic heterocycles. The van der Waals surface area contributed by atoms with Gasteiger partial charge in [-0.1, -0.05) is 0 Å². The number of likely N-dealkylation sites (N-methyl/N-ethyl adjacent to an activating group) is 1. The highest BCUT2D eigenvalue weighted by Crippen LogP contribution is 2.36. The molecule has 4 rings (SSSR count). The van der Waals surface area contributed by atoms with Crippen LogP contribution in [0.5, 0.6) is 5.75 Å². The van der Waals surface area contributed by atoms with Gasteiger partial charge in [-0.3, -0.25) is 4.79 Å². The number of carbonyl (C=O) groups is 1. The Morgan fingerprint density at radius 1 is 1.10 bits per heavy atom. The van der Waals surface area contributed by atoms with Crippen molar-refractivity contribution in [3.63, 3.8) is 0 Å². The van der Waals surface area contributed by atoms with E-state index in [1.165, 1.54) is 11.3 Å². The number of rotatable bonds is 4. The number of nitrogens with zero attached hydrogens (tertiary/aromatic N) is 2. The van der Waals surface area contributed by atoms with Gasteiger partial charge in [0.1, 0.15) is 5.75 Å². The Morgan fingerprint density at radius 3 is 2.55 bits per heavy atom. The van der Waals surface area contributed by atoms with E-state index in [9.17, 15) is 4.79 Å². The second-order valence-electron chi connectivity index (χ2n) is 7.90. The van der Waals surface area contributed by atoms with Crippen molar-refractivity contribution in [2.24, 2.45) is 0 Å². The molecule has 6 nitrogen and oxygen atoms in total. The number of carbonyl (C=O) groups excluding carboxylic acids is 1. The third-order valence-electron chi connectivity index (χ3n) is 5.49. The lowest BCUT2D eigenvalue weighted by atomic mass is 10.1. The van der Waals surface area contributed by atoms with Gasteiger partial charge in [0.2, 0.25) is 0 Å². The first-order chi connectivity index (χ1) is 13.9. The van der Waals surface area contributed by atoms with Crippen LogP contribution in [-0.2, 0) is 9.53 Å². The van der Waals surface area contributed by atoms with Gasteiger partial charge in [0, 0.05) is 42.8 Å². The molecule has 0 spiro atoms. The van der Waals surface area contributed by atoms with Crippen LogP contribution in [-0.4, -0.2) is 44.4 Å². The van der Waals surface area contributed by atoms with E-state index in [-0.39, 0.29) is 24.7 Å². The van der Waals surface area contributed by atoms with Crippen molar-refractivity contribution in [3.8, 4) is 5.75 Å². The summed E-state index contributed by atoms with van der Waals surface area (Å²) in [7, 11) is 0. The van der Waals surface area contributed by atoms with Gasteiger partial charge < -0.3 is 24.6 Å². The molecule has 1 saturated heterocycles. The summed E-state index contributed by atoms with van der Waals surface area (Å²) in [6.07, 6.45) is 0.476. The lowest BCUT2D eigenvalue weighted by molar-refractivity contribution is -0.121. The van der Waals surface area contributed by atoms with Gasteiger partial charge in [-0.15, -0.1) is 0 Å². The second kappa shape index (κ2) is 7.95. The van der Waals surface area contributed by atoms with Crippen molar-refractivity contribution < 1.29 is 14.3 Å². The van der Waals surface area contributed by atoms with Crippen molar-refractivity contribution in [1.82, 2.24) is 0 Å². The van der Waals surface area contributed by atoms with Crippen LogP contribution in [0, 0.1) is 6.92 Å². The minimum Gasteiger partial charge on any atom is -0.481 e. The number of aryl methyl sites for hydroxylation is 1. The Bertz CT molecular complexity index is 904. The molecule has 2 atom stereocenters. The molecule has 2 heterocycles. The maximum Gasteiger partial charge on any atom is 0.265 e. The summed E-state index contributed by atoms with van der Waals surface area (Å²) in [6.45, 7) is 10.9. The minimum atomic E-state index is -0.00103. The van der Waals surface area contributed by atoms with Gasteiger partial charge in [0.15, 0.2) is 6.61 Å². The molecule has 0 radical (unpaired) electrons. The molecule has 154 valence electrons.